The van der Waals surface area contributed by atoms with Crippen LogP contribution < -0.4 is 15.8 Å². The SMILES string of the molecule is Cc1c(-c2cc(C(F)(F)F)nc3sc(C(N)=O)c(NC(=O)c4ccc(COc5ccc6ccccc6c5)o4)c23)cnn1C. The number of furan rings is 1. The van der Waals surface area contributed by atoms with Gasteiger partial charge >= 0.3 is 6.18 Å². The molecule has 4 heterocycles. The van der Waals surface area contributed by atoms with Gasteiger partial charge in [0.2, 0.25) is 0 Å². The molecule has 0 fully saturated rings. The van der Waals surface area contributed by atoms with Crippen molar-refractivity contribution in [2.45, 2.75) is 19.7 Å². The lowest BCUT2D eigenvalue weighted by atomic mass is 10.0. The summed E-state index contributed by atoms with van der Waals surface area (Å²) in [5.74, 6) is -0.823. The third-order valence-corrected chi connectivity index (χ3v) is 8.03. The molecular weight excluding hydrogens is 583 g/mol. The molecule has 0 spiro atoms. The lowest BCUT2D eigenvalue weighted by molar-refractivity contribution is -0.140. The molecule has 13 heteroatoms. The number of nitrogens with one attached hydrogen (secondary N) is 1. The standard InChI is InChI=1S/C30H22F3N5O4S/c1-15-21(13-35-38(15)2)20-12-23(30(31,32)33)36-29-24(20)25(26(43-29)27(34)39)37-28(40)22-10-9-19(42-22)14-41-18-8-7-16-5-3-4-6-17(16)11-18/h3-13H,14H2,1-2H3,(H2,34,39)(H,37,40). The summed E-state index contributed by atoms with van der Waals surface area (Å²) < 4.78 is 54.4. The first-order valence-corrected chi connectivity index (χ1v) is 13.7. The molecule has 0 unspecified atom stereocenters. The Bertz CT molecular complexity index is 2040. The number of rotatable bonds is 7. The zero-order valence-corrected chi connectivity index (χ0v) is 23.5. The van der Waals surface area contributed by atoms with Gasteiger partial charge in [-0.1, -0.05) is 30.3 Å². The van der Waals surface area contributed by atoms with E-state index < -0.39 is 23.7 Å². The van der Waals surface area contributed by atoms with Crippen molar-refractivity contribution in [3.63, 3.8) is 0 Å². The average molecular weight is 606 g/mol. The number of alkyl halides is 3. The molecule has 4 aromatic heterocycles. The van der Waals surface area contributed by atoms with Crippen LogP contribution in [0.2, 0.25) is 0 Å². The van der Waals surface area contributed by atoms with Crippen LogP contribution in [0.15, 0.2) is 71.3 Å². The highest BCUT2D eigenvalue weighted by Gasteiger charge is 2.35. The molecule has 6 aromatic rings. The number of hydrogen-bond donors (Lipinski definition) is 2. The van der Waals surface area contributed by atoms with Crippen LogP contribution in [0.25, 0.3) is 32.1 Å². The molecule has 9 nitrogen and oxygen atoms in total. The van der Waals surface area contributed by atoms with Gasteiger partial charge in [-0.2, -0.15) is 18.3 Å². The molecule has 2 amide bonds. The number of fused-ring (bicyclic) bond motifs is 2. The fourth-order valence-electron chi connectivity index (χ4n) is 4.68. The number of hydrogen-bond acceptors (Lipinski definition) is 7. The van der Waals surface area contributed by atoms with Gasteiger partial charge in [-0.15, -0.1) is 11.3 Å². The number of aromatic nitrogens is 3. The van der Waals surface area contributed by atoms with Crippen LogP contribution in [0.3, 0.4) is 0 Å². The first-order valence-electron chi connectivity index (χ1n) is 12.8. The fourth-order valence-corrected chi connectivity index (χ4v) is 5.68. The molecule has 218 valence electrons. The van der Waals surface area contributed by atoms with Crippen molar-refractivity contribution in [1.82, 2.24) is 14.8 Å². The second-order valence-corrected chi connectivity index (χ2v) is 10.7. The number of primary amides is 1. The van der Waals surface area contributed by atoms with Crippen molar-refractivity contribution in [3.05, 3.63) is 94.6 Å². The van der Waals surface area contributed by atoms with Gasteiger partial charge in [0.1, 0.15) is 33.5 Å². The number of nitrogens with zero attached hydrogens (tertiary/aromatic N) is 3. The van der Waals surface area contributed by atoms with E-state index in [2.05, 4.69) is 15.4 Å². The Morgan fingerprint density at radius 2 is 1.84 bits per heavy atom. The number of aryl methyl sites for hydroxylation is 1. The van der Waals surface area contributed by atoms with Crippen LogP contribution in [0.4, 0.5) is 18.9 Å². The fraction of sp³-hybridized carbons (Fsp3) is 0.133. The van der Waals surface area contributed by atoms with E-state index >= 15 is 0 Å². The monoisotopic (exact) mass is 605 g/mol. The predicted molar refractivity (Wildman–Crippen MR) is 155 cm³/mol. The van der Waals surface area contributed by atoms with Crippen molar-refractivity contribution in [2.24, 2.45) is 12.8 Å². The highest BCUT2D eigenvalue weighted by molar-refractivity contribution is 7.21. The molecule has 6 rings (SSSR count). The van der Waals surface area contributed by atoms with Crippen LogP contribution in [0, 0.1) is 6.92 Å². The largest absolute Gasteiger partial charge is 0.486 e. The van der Waals surface area contributed by atoms with Crippen molar-refractivity contribution in [1.29, 1.82) is 0 Å². The number of carbonyl (C=O) groups excluding carboxylic acids is 2. The quantitative estimate of drug-likeness (QED) is 0.209. The van der Waals surface area contributed by atoms with Gasteiger partial charge in [0, 0.05) is 23.7 Å². The van der Waals surface area contributed by atoms with Crippen LogP contribution in [-0.2, 0) is 19.8 Å². The number of halogens is 3. The minimum atomic E-state index is -4.77. The zero-order valence-electron chi connectivity index (χ0n) is 22.7. The molecule has 0 radical (unpaired) electrons. The van der Waals surface area contributed by atoms with Gasteiger partial charge in [-0.05, 0) is 53.6 Å². The molecule has 0 aliphatic heterocycles. The molecule has 2 aromatic carbocycles. The Morgan fingerprint density at radius 1 is 1.07 bits per heavy atom. The molecule has 0 aliphatic rings. The average Bonchev–Trinajstić information content (AvgIpc) is 3.69. The van der Waals surface area contributed by atoms with E-state index in [4.69, 9.17) is 14.9 Å². The Kier molecular flexibility index (Phi) is 6.89. The van der Waals surface area contributed by atoms with Gasteiger partial charge in [0.05, 0.1) is 11.9 Å². The van der Waals surface area contributed by atoms with Crippen LogP contribution in [0.1, 0.15) is 37.4 Å². The summed E-state index contributed by atoms with van der Waals surface area (Å²) >= 11 is 0.654. The number of thiophene rings is 1. The molecule has 0 saturated carbocycles. The van der Waals surface area contributed by atoms with Crippen molar-refractivity contribution < 1.29 is 31.9 Å². The molecular formula is C30H22F3N5O4S. The maximum Gasteiger partial charge on any atom is 0.433 e. The predicted octanol–water partition coefficient (Wildman–Crippen LogP) is 6.70. The molecule has 0 saturated heterocycles. The van der Waals surface area contributed by atoms with Gasteiger partial charge in [-0.3, -0.25) is 14.3 Å². The summed E-state index contributed by atoms with van der Waals surface area (Å²) in [5.41, 5.74) is 5.38. The van der Waals surface area contributed by atoms with E-state index in [0.717, 1.165) is 16.8 Å². The summed E-state index contributed by atoms with van der Waals surface area (Å²) in [5, 5.41) is 8.96. The first-order chi connectivity index (χ1) is 20.5. The van der Waals surface area contributed by atoms with E-state index in [-0.39, 0.29) is 38.7 Å². The normalized spacial score (nSPS) is 11.7. The summed E-state index contributed by atoms with van der Waals surface area (Å²) in [7, 11) is 1.64. The highest BCUT2D eigenvalue weighted by Crippen LogP contribution is 2.44. The van der Waals surface area contributed by atoms with Crippen LogP contribution in [-0.4, -0.2) is 26.6 Å². The Labute approximate surface area is 245 Å². The van der Waals surface area contributed by atoms with E-state index in [0.29, 0.717) is 34.1 Å². The van der Waals surface area contributed by atoms with Crippen molar-refractivity contribution in [2.75, 3.05) is 5.32 Å². The maximum atomic E-state index is 13.8. The van der Waals surface area contributed by atoms with Crippen molar-refractivity contribution >= 4 is 49.8 Å². The van der Waals surface area contributed by atoms with Crippen LogP contribution >= 0.6 is 11.3 Å². The summed E-state index contributed by atoms with van der Waals surface area (Å²) in [6.45, 7) is 1.72. The van der Waals surface area contributed by atoms with Gasteiger partial charge in [0.25, 0.3) is 11.8 Å². The van der Waals surface area contributed by atoms with E-state index in [1.807, 2.05) is 42.5 Å². The summed E-state index contributed by atoms with van der Waals surface area (Å²) in [6.07, 6.45) is -3.36. The highest BCUT2D eigenvalue weighted by atomic mass is 32.1. The summed E-state index contributed by atoms with van der Waals surface area (Å²) in [4.78, 5) is 29.2. The Hall–Kier alpha value is -5.17. The topological polar surface area (TPSA) is 125 Å². The zero-order chi connectivity index (χ0) is 30.5. The molecule has 3 N–H and O–H groups in total. The van der Waals surface area contributed by atoms with Gasteiger partial charge in [0.15, 0.2) is 5.76 Å². The number of carbonyl (C=O) groups is 2. The smallest absolute Gasteiger partial charge is 0.433 e. The van der Waals surface area contributed by atoms with Gasteiger partial charge < -0.3 is 20.2 Å². The van der Waals surface area contributed by atoms with E-state index in [1.54, 1.807) is 20.0 Å². The van der Waals surface area contributed by atoms with Gasteiger partial charge in [-0.25, -0.2) is 4.98 Å². The molecule has 0 atom stereocenters. The van der Waals surface area contributed by atoms with Crippen LogP contribution in [0.5, 0.6) is 5.75 Å². The Morgan fingerprint density at radius 3 is 2.53 bits per heavy atom. The number of anilines is 1. The number of amides is 2. The maximum absolute atomic E-state index is 13.8. The van der Waals surface area contributed by atoms with E-state index in [1.165, 1.54) is 16.9 Å². The third kappa shape index (κ3) is 5.30. The number of benzene rings is 2. The number of nitrogens with two attached hydrogens (primary N) is 1. The first kappa shape index (κ1) is 28.0. The Balaban J connectivity index is 1.33. The summed E-state index contributed by atoms with van der Waals surface area (Å²) in [6, 6.07) is 17.3. The molecule has 0 bridgehead atoms. The van der Waals surface area contributed by atoms with E-state index in [9.17, 15) is 22.8 Å². The number of pyridine rings is 1. The molecule has 43 heavy (non-hydrogen) atoms. The minimum absolute atomic E-state index is 0.0358. The number of ether oxygens (including phenoxy) is 1. The minimum Gasteiger partial charge on any atom is -0.486 e. The lowest BCUT2D eigenvalue weighted by Gasteiger charge is -2.12. The third-order valence-electron chi connectivity index (χ3n) is 6.93. The molecule has 0 aliphatic carbocycles. The van der Waals surface area contributed by atoms with Crippen molar-refractivity contribution in [3.8, 4) is 16.9 Å². The lowest BCUT2D eigenvalue weighted by Crippen LogP contribution is -2.16. The second-order valence-electron chi connectivity index (χ2n) is 9.69. The second kappa shape index (κ2) is 10.6.